The zero-order valence-corrected chi connectivity index (χ0v) is 22.5. The first-order chi connectivity index (χ1) is 19.6. The SMILES string of the molecule is O=C(Nc1nccs1)C(c1ncn2c1CCC2)N1Cc2c(F)cc(-c3ccc(N4CCNCC4)nc3)cc2C1=O. The van der Waals surface area contributed by atoms with Crippen LogP contribution in [0.25, 0.3) is 11.1 Å². The van der Waals surface area contributed by atoms with Gasteiger partial charge in [-0.2, -0.15) is 0 Å². The maximum Gasteiger partial charge on any atom is 0.255 e. The van der Waals surface area contributed by atoms with E-state index in [0.29, 0.717) is 16.4 Å². The van der Waals surface area contributed by atoms with Gasteiger partial charge >= 0.3 is 0 Å². The lowest BCUT2D eigenvalue weighted by Crippen LogP contribution is -2.43. The Hall–Kier alpha value is -4.16. The molecule has 10 nitrogen and oxygen atoms in total. The third kappa shape index (κ3) is 4.33. The zero-order chi connectivity index (χ0) is 27.2. The first-order valence-electron chi connectivity index (χ1n) is 13.4. The number of pyridine rings is 1. The largest absolute Gasteiger partial charge is 0.354 e. The molecule has 2 N–H and O–H groups in total. The van der Waals surface area contributed by atoms with Crippen molar-refractivity contribution in [3.8, 4) is 11.1 Å². The fraction of sp³-hybridized carbons (Fsp3) is 0.321. The van der Waals surface area contributed by atoms with Crippen molar-refractivity contribution in [2.75, 3.05) is 36.4 Å². The summed E-state index contributed by atoms with van der Waals surface area (Å²) in [6, 6.07) is 5.96. The predicted molar refractivity (Wildman–Crippen MR) is 149 cm³/mol. The van der Waals surface area contributed by atoms with Gasteiger partial charge in [-0.15, -0.1) is 11.3 Å². The van der Waals surface area contributed by atoms with Crippen LogP contribution >= 0.6 is 11.3 Å². The second-order valence-corrected chi connectivity index (χ2v) is 11.1. The van der Waals surface area contributed by atoms with Gasteiger partial charge in [0.1, 0.15) is 11.6 Å². The average molecular weight is 559 g/mol. The van der Waals surface area contributed by atoms with E-state index in [9.17, 15) is 9.59 Å². The first kappa shape index (κ1) is 24.9. The zero-order valence-electron chi connectivity index (χ0n) is 21.6. The number of nitrogens with zero attached hydrogens (tertiary/aromatic N) is 6. The minimum absolute atomic E-state index is 0.0251. The maximum absolute atomic E-state index is 15.5. The van der Waals surface area contributed by atoms with Crippen molar-refractivity contribution in [1.29, 1.82) is 0 Å². The molecule has 3 aliphatic rings. The van der Waals surface area contributed by atoms with Gasteiger partial charge in [-0.05, 0) is 42.7 Å². The molecule has 1 fully saturated rings. The van der Waals surface area contributed by atoms with E-state index in [1.807, 2.05) is 16.7 Å². The highest BCUT2D eigenvalue weighted by molar-refractivity contribution is 7.13. The van der Waals surface area contributed by atoms with Gasteiger partial charge in [0.25, 0.3) is 11.8 Å². The minimum Gasteiger partial charge on any atom is -0.354 e. The van der Waals surface area contributed by atoms with E-state index in [-0.39, 0.29) is 17.7 Å². The monoisotopic (exact) mass is 558 g/mol. The Labute approximate surface area is 233 Å². The van der Waals surface area contributed by atoms with E-state index < -0.39 is 23.7 Å². The number of amides is 2. The lowest BCUT2D eigenvalue weighted by atomic mass is 10.0. The summed E-state index contributed by atoms with van der Waals surface area (Å²) >= 11 is 1.29. The number of fused-ring (bicyclic) bond motifs is 2. The van der Waals surface area contributed by atoms with Gasteiger partial charge < -0.3 is 19.7 Å². The van der Waals surface area contributed by atoms with Crippen LogP contribution in [-0.2, 0) is 24.3 Å². The van der Waals surface area contributed by atoms with Crippen molar-refractivity contribution in [2.24, 2.45) is 0 Å². The number of carbonyl (C=O) groups excluding carboxylic acids is 2. The smallest absolute Gasteiger partial charge is 0.255 e. The molecule has 0 aliphatic carbocycles. The second kappa shape index (κ2) is 10.1. The van der Waals surface area contributed by atoms with E-state index >= 15 is 4.39 Å². The molecule has 3 aliphatic heterocycles. The van der Waals surface area contributed by atoms with Crippen molar-refractivity contribution in [2.45, 2.75) is 32.0 Å². The summed E-state index contributed by atoms with van der Waals surface area (Å²) in [7, 11) is 0. The van der Waals surface area contributed by atoms with Crippen LogP contribution in [0.3, 0.4) is 0 Å². The molecule has 2 amide bonds. The molecule has 3 aromatic heterocycles. The van der Waals surface area contributed by atoms with Crippen LogP contribution in [-0.4, -0.2) is 62.4 Å². The quantitative estimate of drug-likeness (QED) is 0.374. The molecule has 4 aromatic rings. The summed E-state index contributed by atoms with van der Waals surface area (Å²) in [5.74, 6) is -0.433. The van der Waals surface area contributed by atoms with Gasteiger partial charge in [-0.25, -0.2) is 19.3 Å². The van der Waals surface area contributed by atoms with Crippen molar-refractivity contribution in [1.82, 2.24) is 29.7 Å². The number of benzene rings is 1. The Kier molecular flexibility index (Phi) is 6.28. The third-order valence-electron chi connectivity index (χ3n) is 7.81. The molecule has 1 aromatic carbocycles. The predicted octanol–water partition coefficient (Wildman–Crippen LogP) is 3.23. The number of imidazole rings is 1. The highest BCUT2D eigenvalue weighted by Gasteiger charge is 2.42. The Morgan fingerprint density at radius 1 is 1.10 bits per heavy atom. The molecule has 0 saturated carbocycles. The van der Waals surface area contributed by atoms with Crippen LogP contribution in [0, 0.1) is 5.82 Å². The molecule has 12 heteroatoms. The van der Waals surface area contributed by atoms with Crippen LogP contribution in [0.4, 0.5) is 15.3 Å². The second-order valence-electron chi connectivity index (χ2n) is 10.2. The number of halogens is 1. The Balaban J connectivity index is 1.20. The van der Waals surface area contributed by atoms with Gasteiger partial charge in [0.2, 0.25) is 0 Å². The van der Waals surface area contributed by atoms with Crippen LogP contribution in [0.15, 0.2) is 48.4 Å². The molecule has 0 spiro atoms. The van der Waals surface area contributed by atoms with E-state index in [1.54, 1.807) is 30.2 Å². The van der Waals surface area contributed by atoms with Gasteiger partial charge in [0.15, 0.2) is 11.2 Å². The summed E-state index contributed by atoms with van der Waals surface area (Å²) < 4.78 is 17.6. The first-order valence-corrected chi connectivity index (χ1v) is 14.2. The summed E-state index contributed by atoms with van der Waals surface area (Å²) in [6.07, 6.45) is 6.74. The molecule has 40 heavy (non-hydrogen) atoms. The molecule has 0 radical (unpaired) electrons. The average Bonchev–Trinajstić information content (AvgIpc) is 3.78. The van der Waals surface area contributed by atoms with Gasteiger partial charge in [0, 0.05) is 72.9 Å². The molecule has 1 atom stereocenters. The highest BCUT2D eigenvalue weighted by atomic mass is 32.1. The number of piperazine rings is 1. The molecule has 0 bridgehead atoms. The Bertz CT molecular complexity index is 1580. The van der Waals surface area contributed by atoms with Crippen LogP contribution in [0.2, 0.25) is 0 Å². The number of carbonyl (C=O) groups is 2. The Morgan fingerprint density at radius 3 is 2.75 bits per heavy atom. The van der Waals surface area contributed by atoms with E-state index in [0.717, 1.165) is 62.6 Å². The number of aromatic nitrogens is 4. The number of rotatable bonds is 6. The summed E-state index contributed by atoms with van der Waals surface area (Å²) in [6.45, 7) is 4.35. The number of anilines is 2. The molecule has 6 heterocycles. The Morgan fingerprint density at radius 2 is 1.98 bits per heavy atom. The van der Waals surface area contributed by atoms with Gasteiger partial charge in [-0.3, -0.25) is 14.9 Å². The molecular weight excluding hydrogens is 531 g/mol. The van der Waals surface area contributed by atoms with E-state index in [4.69, 9.17) is 0 Å². The van der Waals surface area contributed by atoms with Crippen molar-refractivity contribution in [3.63, 3.8) is 0 Å². The molecule has 204 valence electrons. The van der Waals surface area contributed by atoms with Crippen LogP contribution in [0.1, 0.15) is 39.8 Å². The number of hydrogen-bond acceptors (Lipinski definition) is 8. The number of hydrogen-bond donors (Lipinski definition) is 2. The topological polar surface area (TPSA) is 108 Å². The van der Waals surface area contributed by atoms with Gasteiger partial charge in [0.05, 0.1) is 18.6 Å². The van der Waals surface area contributed by atoms with Crippen LogP contribution in [0.5, 0.6) is 0 Å². The molecule has 1 saturated heterocycles. The highest BCUT2D eigenvalue weighted by Crippen LogP contribution is 2.38. The summed E-state index contributed by atoms with van der Waals surface area (Å²) in [4.78, 5) is 44.4. The fourth-order valence-corrected chi connectivity index (χ4v) is 6.33. The lowest BCUT2D eigenvalue weighted by molar-refractivity contribution is -0.121. The maximum atomic E-state index is 15.5. The number of nitrogens with one attached hydrogen (secondary N) is 2. The standard InChI is InChI=1S/C28H27FN8O2S/c29-21-13-18(17-3-4-23(32-14-17)35-9-5-30-6-10-35)12-19-20(21)15-37(27(19)39)25(26(38)34-28-31-7-11-40-28)24-22-2-1-8-36(22)16-33-24/h3-4,7,11-14,16,25,30H,1-2,5-6,8-10,15H2,(H,31,34,38). The summed E-state index contributed by atoms with van der Waals surface area (Å²) in [5.41, 5.74) is 3.28. The lowest BCUT2D eigenvalue weighted by Gasteiger charge is -2.28. The number of aryl methyl sites for hydroxylation is 1. The summed E-state index contributed by atoms with van der Waals surface area (Å²) in [5, 5.41) is 8.34. The minimum atomic E-state index is -1.01. The van der Waals surface area contributed by atoms with E-state index in [1.165, 1.54) is 22.3 Å². The molecular formula is C28H27FN8O2S. The van der Waals surface area contributed by atoms with Crippen molar-refractivity contribution >= 4 is 34.1 Å². The number of thiazole rings is 1. The van der Waals surface area contributed by atoms with Crippen LogP contribution < -0.4 is 15.5 Å². The van der Waals surface area contributed by atoms with Gasteiger partial charge in [-0.1, -0.05) is 0 Å². The molecule has 1 unspecified atom stereocenters. The fourth-order valence-electron chi connectivity index (χ4n) is 5.80. The van der Waals surface area contributed by atoms with Crippen molar-refractivity contribution < 1.29 is 14.0 Å². The molecule has 7 rings (SSSR count). The third-order valence-corrected chi connectivity index (χ3v) is 8.50. The normalized spacial score (nSPS) is 17.2. The van der Waals surface area contributed by atoms with E-state index in [2.05, 4.69) is 30.5 Å². The van der Waals surface area contributed by atoms with Crippen molar-refractivity contribution in [3.05, 3.63) is 76.7 Å².